The third-order valence-corrected chi connectivity index (χ3v) is 4.57. The number of aryl methyl sites for hydroxylation is 1. The number of carbonyl (C=O) groups excluding carboxylic acids is 4. The van der Waals surface area contributed by atoms with E-state index in [2.05, 4.69) is 20.6 Å². The number of hydrogen-bond donors (Lipinski definition) is 3. The zero-order valence-corrected chi connectivity index (χ0v) is 15.3. The van der Waals surface area contributed by atoms with Gasteiger partial charge in [0.05, 0.1) is 11.0 Å². The van der Waals surface area contributed by atoms with E-state index in [0.29, 0.717) is 18.7 Å². The molecule has 1 aromatic carbocycles. The smallest absolute Gasteiger partial charge is 0.520 e. The quantitative estimate of drug-likeness (QED) is 0.409. The van der Waals surface area contributed by atoms with Gasteiger partial charge in [0.15, 0.2) is 0 Å². The van der Waals surface area contributed by atoms with Gasteiger partial charge in [-0.25, -0.2) is 9.78 Å². The number of fused-ring (bicyclic) bond motifs is 1. The molecule has 3 rings (SSSR count). The fourth-order valence-corrected chi connectivity index (χ4v) is 2.89. The summed E-state index contributed by atoms with van der Waals surface area (Å²) in [4.78, 5) is 55.7. The molecule has 1 aromatic heterocycles. The van der Waals surface area contributed by atoms with Crippen molar-refractivity contribution in [3.8, 4) is 0 Å². The van der Waals surface area contributed by atoms with E-state index in [-0.39, 0.29) is 6.54 Å². The van der Waals surface area contributed by atoms with Crippen molar-refractivity contribution >= 4 is 34.8 Å². The van der Waals surface area contributed by atoms with Gasteiger partial charge in [-0.15, -0.1) is 0 Å². The minimum absolute atomic E-state index is 0.0136. The largest absolute Gasteiger partial charge is 0.564 e. The number of carbonyl (C=O) groups is 4. The van der Waals surface area contributed by atoms with Crippen molar-refractivity contribution < 1.29 is 24.3 Å². The second kappa shape index (κ2) is 8.07. The molecule has 2 heterocycles. The molecule has 0 radical (unpaired) electrons. The van der Waals surface area contributed by atoms with Gasteiger partial charge >= 0.3 is 12.0 Å². The van der Waals surface area contributed by atoms with Crippen LogP contribution >= 0.6 is 0 Å². The molecule has 4 amide bonds. The molecule has 1 aliphatic rings. The van der Waals surface area contributed by atoms with E-state index in [1.54, 1.807) is 0 Å². The number of rotatable bonds is 8. The van der Waals surface area contributed by atoms with Crippen LogP contribution in [0.15, 0.2) is 24.3 Å². The van der Waals surface area contributed by atoms with Crippen LogP contribution in [-0.4, -0.2) is 62.9 Å². The van der Waals surface area contributed by atoms with E-state index in [0.717, 1.165) is 15.9 Å². The van der Waals surface area contributed by atoms with Crippen molar-refractivity contribution in [2.75, 3.05) is 13.1 Å². The Balaban J connectivity index is 1.52. The number of aromatic amines is 1. The van der Waals surface area contributed by atoms with E-state index >= 15 is 0 Å². The van der Waals surface area contributed by atoms with E-state index in [1.807, 2.05) is 24.3 Å². The first-order chi connectivity index (χ1) is 13.3. The summed E-state index contributed by atoms with van der Waals surface area (Å²) in [5, 5.41) is 12.0. The number of benzene rings is 1. The third-order valence-electron chi connectivity index (χ3n) is 4.57. The van der Waals surface area contributed by atoms with Crippen molar-refractivity contribution in [3.63, 3.8) is 0 Å². The Bertz CT molecular complexity index is 891. The van der Waals surface area contributed by atoms with Crippen LogP contribution in [0.3, 0.4) is 0 Å². The predicted octanol–water partition coefficient (Wildman–Crippen LogP) is -0.581. The molecule has 0 bridgehead atoms. The van der Waals surface area contributed by atoms with Crippen molar-refractivity contribution in [2.24, 2.45) is 5.92 Å². The van der Waals surface area contributed by atoms with Gasteiger partial charge in [0.2, 0.25) is 5.91 Å². The van der Waals surface area contributed by atoms with E-state index in [4.69, 9.17) is 5.11 Å². The molecule has 148 valence electrons. The Morgan fingerprint density at radius 1 is 1.32 bits per heavy atom. The first-order valence-corrected chi connectivity index (χ1v) is 8.93. The lowest BCUT2D eigenvalue weighted by molar-refractivity contribution is -0.141. The molecular formula is C18H22N5O5+. The normalized spacial score (nSPS) is 17.6. The summed E-state index contributed by atoms with van der Waals surface area (Å²) >= 11 is 0. The van der Waals surface area contributed by atoms with Crippen molar-refractivity contribution in [1.82, 2.24) is 25.5 Å². The molecule has 1 fully saturated rings. The predicted molar refractivity (Wildman–Crippen MR) is 99.2 cm³/mol. The van der Waals surface area contributed by atoms with Crippen LogP contribution in [0.2, 0.25) is 0 Å². The topological polar surface area (TPSA) is 147 Å². The maximum atomic E-state index is 12.4. The molecule has 10 nitrogen and oxygen atoms in total. The molecule has 5 N–H and O–H groups in total. The highest BCUT2D eigenvalue weighted by molar-refractivity contribution is 6.06. The Morgan fingerprint density at radius 2 is 2.07 bits per heavy atom. The standard InChI is InChI=1S/C18H21N5O5/c1-10(17(26)27)8-19-15(24)9-23-16(25)13(22-18(23)28)6-7-14-20-11-4-2-3-5-12(11)21-14/h2-5,10,13H,6-9H2,1H3,(H,19,24)(H,20,21)(H,22,28)(H,26,27)/p+1/t10-,13-/m0/s1. The van der Waals surface area contributed by atoms with Crippen LogP contribution in [0.25, 0.3) is 11.0 Å². The highest BCUT2D eigenvalue weighted by Crippen LogP contribution is 2.15. The Kier molecular flexibility index (Phi) is 5.57. The van der Waals surface area contributed by atoms with Gasteiger partial charge in [0, 0.05) is 17.8 Å². The number of H-pyrrole nitrogens is 1. The fraction of sp³-hybridized carbons (Fsp3) is 0.389. The van der Waals surface area contributed by atoms with Crippen molar-refractivity contribution in [2.45, 2.75) is 25.8 Å². The van der Waals surface area contributed by atoms with Crippen molar-refractivity contribution in [3.05, 3.63) is 30.1 Å². The first kappa shape index (κ1) is 19.3. The first-order valence-electron chi connectivity index (χ1n) is 8.93. The summed E-state index contributed by atoms with van der Waals surface area (Å²) in [6.45, 7) is 1.07. The highest BCUT2D eigenvalue weighted by Gasteiger charge is 2.38. The van der Waals surface area contributed by atoms with Crippen LogP contribution in [0.1, 0.15) is 19.2 Å². The SMILES string of the molecule is C[C@@H](CNC(=O)CN1C(=O)N[C@@H](CCc2nc3ccccc3[nH]2)C1=O)C(=O)[OH2+]. The summed E-state index contributed by atoms with van der Waals surface area (Å²) in [5.74, 6) is -1.76. The van der Waals surface area contributed by atoms with E-state index < -0.39 is 42.3 Å². The highest BCUT2D eigenvalue weighted by atomic mass is 16.4. The number of aromatic nitrogens is 2. The van der Waals surface area contributed by atoms with Gasteiger partial charge in [0.1, 0.15) is 24.3 Å². The fourth-order valence-electron chi connectivity index (χ4n) is 2.89. The van der Waals surface area contributed by atoms with Gasteiger partial charge in [-0.05, 0) is 25.5 Å². The summed E-state index contributed by atoms with van der Waals surface area (Å²) in [6, 6.07) is 6.23. The van der Waals surface area contributed by atoms with Crippen LogP contribution < -0.4 is 10.6 Å². The second-order valence-corrected chi connectivity index (χ2v) is 6.74. The average Bonchev–Trinajstić information content (AvgIpc) is 3.19. The molecular weight excluding hydrogens is 366 g/mol. The Morgan fingerprint density at radius 3 is 2.79 bits per heavy atom. The Labute approximate surface area is 160 Å². The number of para-hydroxylation sites is 2. The second-order valence-electron chi connectivity index (χ2n) is 6.74. The van der Waals surface area contributed by atoms with E-state index in [9.17, 15) is 19.2 Å². The zero-order chi connectivity index (χ0) is 20.3. The molecule has 0 aliphatic carbocycles. The van der Waals surface area contributed by atoms with E-state index in [1.165, 1.54) is 6.92 Å². The lowest BCUT2D eigenvalue weighted by Crippen LogP contribution is -2.42. The molecule has 10 heteroatoms. The number of imide groups is 1. The summed E-state index contributed by atoms with van der Waals surface area (Å²) in [7, 11) is 0. The summed E-state index contributed by atoms with van der Waals surface area (Å²) in [6.07, 6.45) is 0.821. The molecule has 0 saturated carbocycles. The lowest BCUT2D eigenvalue weighted by atomic mass is 10.1. The van der Waals surface area contributed by atoms with Crippen molar-refractivity contribution in [1.29, 1.82) is 0 Å². The molecule has 2 aromatic rings. The minimum atomic E-state index is -0.791. The van der Waals surface area contributed by atoms with Gasteiger partial charge in [-0.3, -0.25) is 14.5 Å². The molecule has 0 unspecified atom stereocenters. The van der Waals surface area contributed by atoms with Gasteiger partial charge in [-0.1, -0.05) is 12.1 Å². The third kappa shape index (κ3) is 4.27. The minimum Gasteiger partial charge on any atom is -0.564 e. The number of nitrogens with zero attached hydrogens (tertiary/aromatic N) is 2. The summed E-state index contributed by atoms with van der Waals surface area (Å²) < 4.78 is 0. The number of hydrogen-bond acceptors (Lipinski definition) is 5. The van der Waals surface area contributed by atoms with Crippen LogP contribution in [0.4, 0.5) is 4.79 Å². The van der Waals surface area contributed by atoms with Gasteiger partial charge in [-0.2, -0.15) is 0 Å². The van der Waals surface area contributed by atoms with Gasteiger partial charge in [0.25, 0.3) is 5.91 Å². The zero-order valence-electron chi connectivity index (χ0n) is 15.3. The monoisotopic (exact) mass is 388 g/mol. The molecule has 0 spiro atoms. The molecule has 28 heavy (non-hydrogen) atoms. The van der Waals surface area contributed by atoms with Crippen LogP contribution in [-0.2, 0) is 20.8 Å². The molecule has 1 saturated heterocycles. The maximum absolute atomic E-state index is 12.4. The number of amides is 4. The average molecular weight is 388 g/mol. The maximum Gasteiger partial charge on any atom is 0.520 e. The lowest BCUT2D eigenvalue weighted by Gasteiger charge is -2.13. The van der Waals surface area contributed by atoms with Gasteiger partial charge < -0.3 is 20.7 Å². The van der Waals surface area contributed by atoms with Crippen LogP contribution in [0, 0.1) is 5.92 Å². The summed E-state index contributed by atoms with van der Waals surface area (Å²) in [5.41, 5.74) is 1.73. The Hall–Kier alpha value is -3.43. The number of imidazole rings is 1. The number of urea groups is 1. The molecule has 2 atom stereocenters. The molecule has 1 aliphatic heterocycles. The van der Waals surface area contributed by atoms with Crippen LogP contribution in [0.5, 0.6) is 0 Å². The number of nitrogens with one attached hydrogen (secondary N) is 3.